The monoisotopic (exact) mass is 522 g/mol. The van der Waals surface area contributed by atoms with Gasteiger partial charge in [0.05, 0.1) is 26.9 Å². The summed E-state index contributed by atoms with van der Waals surface area (Å²) < 4.78 is 41.7. The van der Waals surface area contributed by atoms with Gasteiger partial charge < -0.3 is 33.2 Å². The highest BCUT2D eigenvalue weighted by atomic mass is 16.7. The van der Waals surface area contributed by atoms with Crippen molar-refractivity contribution in [1.29, 1.82) is 0 Å². The molecule has 0 aliphatic carbocycles. The van der Waals surface area contributed by atoms with Crippen molar-refractivity contribution in [2.24, 2.45) is 0 Å². The first kappa shape index (κ1) is 27.6. The Labute approximate surface area is 223 Å². The molecule has 0 saturated carbocycles. The number of methoxy groups -OCH3 is 2. The van der Waals surface area contributed by atoms with E-state index in [2.05, 4.69) is 0 Å². The number of rotatable bonds is 12. The normalized spacial score (nSPS) is 23.0. The summed E-state index contributed by atoms with van der Waals surface area (Å²) in [4.78, 5) is 12.1. The molecule has 1 aliphatic heterocycles. The Bertz CT molecular complexity index is 1110. The molecular weight excluding hydrogens is 488 g/mol. The lowest BCUT2D eigenvalue weighted by molar-refractivity contribution is -0.298. The number of carbonyl (C=O) groups excluding carboxylic acids is 1. The fourth-order valence-corrected chi connectivity index (χ4v) is 4.31. The van der Waals surface area contributed by atoms with Crippen LogP contribution in [0, 0.1) is 0 Å². The molecule has 1 aliphatic rings. The van der Waals surface area contributed by atoms with Gasteiger partial charge in [0.25, 0.3) is 0 Å². The van der Waals surface area contributed by atoms with E-state index < -0.39 is 36.7 Å². The van der Waals surface area contributed by atoms with E-state index >= 15 is 0 Å². The topological polar surface area (TPSA) is 81.7 Å². The Morgan fingerprint density at radius 2 is 1.37 bits per heavy atom. The first-order chi connectivity index (χ1) is 18.6. The first-order valence-corrected chi connectivity index (χ1v) is 12.5. The lowest BCUT2D eigenvalue weighted by atomic mass is 9.98. The maximum Gasteiger partial charge on any atom is 0.303 e. The maximum atomic E-state index is 12.1. The Hall–Kier alpha value is -3.43. The molecule has 1 heterocycles. The molecule has 1 saturated heterocycles. The molecule has 202 valence electrons. The molecule has 4 rings (SSSR count). The van der Waals surface area contributed by atoms with Gasteiger partial charge in [-0.2, -0.15) is 0 Å². The molecule has 38 heavy (non-hydrogen) atoms. The molecule has 0 N–H and O–H groups in total. The van der Waals surface area contributed by atoms with E-state index in [9.17, 15) is 4.79 Å². The average Bonchev–Trinajstić information content (AvgIpc) is 2.94. The van der Waals surface area contributed by atoms with Crippen molar-refractivity contribution in [3.63, 3.8) is 0 Å². The lowest BCUT2D eigenvalue weighted by Gasteiger charge is -2.44. The molecule has 0 spiro atoms. The van der Waals surface area contributed by atoms with Gasteiger partial charge >= 0.3 is 5.97 Å². The van der Waals surface area contributed by atoms with Crippen molar-refractivity contribution in [1.82, 2.24) is 0 Å². The first-order valence-electron chi connectivity index (χ1n) is 12.5. The van der Waals surface area contributed by atoms with E-state index in [-0.39, 0.29) is 6.61 Å². The van der Waals surface area contributed by atoms with Crippen LogP contribution in [-0.2, 0) is 41.7 Å². The second kappa shape index (κ2) is 13.9. The summed E-state index contributed by atoms with van der Waals surface area (Å²) in [5, 5.41) is 0. The van der Waals surface area contributed by atoms with Crippen LogP contribution in [0.3, 0.4) is 0 Å². The van der Waals surface area contributed by atoms with E-state index in [4.69, 9.17) is 33.2 Å². The van der Waals surface area contributed by atoms with Crippen molar-refractivity contribution >= 4 is 5.97 Å². The third kappa shape index (κ3) is 7.55. The van der Waals surface area contributed by atoms with Crippen LogP contribution in [0.5, 0.6) is 11.5 Å². The van der Waals surface area contributed by atoms with Gasteiger partial charge in [0.1, 0.15) is 29.8 Å². The number of hydrogen-bond acceptors (Lipinski definition) is 8. The van der Waals surface area contributed by atoms with E-state index in [1.807, 2.05) is 60.7 Å². The predicted molar refractivity (Wildman–Crippen MR) is 140 cm³/mol. The van der Waals surface area contributed by atoms with Gasteiger partial charge in [-0.15, -0.1) is 0 Å². The highest BCUT2D eigenvalue weighted by Crippen LogP contribution is 2.31. The largest absolute Gasteiger partial charge is 0.497 e. The van der Waals surface area contributed by atoms with Crippen molar-refractivity contribution < 1.29 is 38.0 Å². The Morgan fingerprint density at radius 3 is 1.95 bits per heavy atom. The summed E-state index contributed by atoms with van der Waals surface area (Å²) in [5.74, 6) is 0.814. The van der Waals surface area contributed by atoms with E-state index in [1.54, 1.807) is 38.5 Å². The molecular formula is C30H34O8. The molecule has 0 bridgehead atoms. The number of hydrogen-bond donors (Lipinski definition) is 0. The number of ether oxygens (including phenoxy) is 7. The molecule has 3 aromatic carbocycles. The van der Waals surface area contributed by atoms with Crippen LogP contribution in [0.25, 0.3) is 0 Å². The minimum atomic E-state index is -0.866. The standard InChI is InChI=1S/C30H34O8/c1-21(31)36-27-26(20-34-18-22-10-6-4-7-11-22)38-30(37-25-16-14-24(32-2)15-17-25)29(28(27)33-3)35-19-23-12-8-5-9-13-23/h4-17,26-30H,18-20H2,1-3H3/t26-,27-,28+,29-,30?/m1/s1. The highest BCUT2D eigenvalue weighted by molar-refractivity contribution is 5.66. The average molecular weight is 523 g/mol. The van der Waals surface area contributed by atoms with Gasteiger partial charge in [0.2, 0.25) is 6.29 Å². The molecule has 0 aromatic heterocycles. The van der Waals surface area contributed by atoms with Crippen LogP contribution in [0.2, 0.25) is 0 Å². The Balaban J connectivity index is 1.56. The molecule has 3 aromatic rings. The zero-order chi connectivity index (χ0) is 26.7. The van der Waals surface area contributed by atoms with Gasteiger partial charge in [-0.3, -0.25) is 4.79 Å². The maximum absolute atomic E-state index is 12.1. The quantitative estimate of drug-likeness (QED) is 0.321. The number of esters is 1. The van der Waals surface area contributed by atoms with Crippen molar-refractivity contribution in [2.45, 2.75) is 50.8 Å². The molecule has 5 atom stereocenters. The predicted octanol–water partition coefficient (Wildman–Crippen LogP) is 4.55. The van der Waals surface area contributed by atoms with E-state index in [0.717, 1.165) is 11.1 Å². The van der Waals surface area contributed by atoms with E-state index in [1.165, 1.54) is 6.92 Å². The zero-order valence-corrected chi connectivity index (χ0v) is 21.9. The van der Waals surface area contributed by atoms with Crippen molar-refractivity contribution in [2.75, 3.05) is 20.8 Å². The molecule has 8 heteroatoms. The Morgan fingerprint density at radius 1 is 0.763 bits per heavy atom. The van der Waals surface area contributed by atoms with Gasteiger partial charge in [-0.05, 0) is 35.4 Å². The summed E-state index contributed by atoms with van der Waals surface area (Å²) in [6, 6.07) is 26.7. The molecule has 1 fully saturated rings. The van der Waals surface area contributed by atoms with Gasteiger partial charge in [-0.1, -0.05) is 60.7 Å². The Kier molecular flexibility index (Phi) is 10.1. The fraction of sp³-hybridized carbons (Fsp3) is 0.367. The number of benzene rings is 3. The van der Waals surface area contributed by atoms with Gasteiger partial charge in [0.15, 0.2) is 6.10 Å². The van der Waals surface area contributed by atoms with Crippen LogP contribution < -0.4 is 9.47 Å². The SMILES string of the molecule is COc1ccc(OC2O[C@H](COCc3ccccc3)[C@@H](OC(C)=O)[C@H](OC)[C@H]2OCc2ccccc2)cc1. The van der Waals surface area contributed by atoms with E-state index in [0.29, 0.717) is 24.7 Å². The minimum absolute atomic E-state index is 0.153. The molecule has 1 unspecified atom stereocenters. The van der Waals surface area contributed by atoms with Crippen molar-refractivity contribution in [3.05, 3.63) is 96.1 Å². The van der Waals surface area contributed by atoms with Gasteiger partial charge in [-0.25, -0.2) is 0 Å². The third-order valence-corrected chi connectivity index (χ3v) is 6.16. The van der Waals surface area contributed by atoms with Crippen LogP contribution in [0.4, 0.5) is 0 Å². The number of carbonyl (C=O) groups is 1. The zero-order valence-electron chi connectivity index (χ0n) is 21.9. The van der Waals surface area contributed by atoms with Crippen LogP contribution in [0.15, 0.2) is 84.9 Å². The highest BCUT2D eigenvalue weighted by Gasteiger charge is 2.50. The lowest BCUT2D eigenvalue weighted by Crippen LogP contribution is -2.62. The summed E-state index contributed by atoms with van der Waals surface area (Å²) >= 11 is 0. The molecule has 0 amide bonds. The summed E-state index contributed by atoms with van der Waals surface area (Å²) in [5.41, 5.74) is 1.99. The third-order valence-electron chi connectivity index (χ3n) is 6.16. The summed E-state index contributed by atoms with van der Waals surface area (Å²) in [6.45, 7) is 2.18. The fourth-order valence-electron chi connectivity index (χ4n) is 4.31. The van der Waals surface area contributed by atoms with Crippen LogP contribution in [-0.4, -0.2) is 57.5 Å². The van der Waals surface area contributed by atoms with Gasteiger partial charge in [0, 0.05) is 14.0 Å². The summed E-state index contributed by atoms with van der Waals surface area (Å²) in [6.07, 6.45) is -3.69. The summed E-state index contributed by atoms with van der Waals surface area (Å²) in [7, 11) is 3.16. The second-order valence-electron chi connectivity index (χ2n) is 8.87. The second-order valence-corrected chi connectivity index (χ2v) is 8.87. The van der Waals surface area contributed by atoms with Crippen LogP contribution in [0.1, 0.15) is 18.1 Å². The molecule has 0 radical (unpaired) electrons. The van der Waals surface area contributed by atoms with Crippen molar-refractivity contribution in [3.8, 4) is 11.5 Å². The minimum Gasteiger partial charge on any atom is -0.497 e. The smallest absolute Gasteiger partial charge is 0.303 e. The van der Waals surface area contributed by atoms with Crippen LogP contribution >= 0.6 is 0 Å². The molecule has 8 nitrogen and oxygen atoms in total.